The fourth-order valence-electron chi connectivity index (χ4n) is 6.23. The van der Waals surface area contributed by atoms with E-state index in [4.69, 9.17) is 14.6 Å². The molecule has 0 aliphatic carbocycles. The summed E-state index contributed by atoms with van der Waals surface area (Å²) in [5.74, 6) is -0.778. The highest BCUT2D eigenvalue weighted by molar-refractivity contribution is 5.83. The minimum atomic E-state index is -0.774. The smallest absolute Gasteiger partial charge is 0.303 e. The summed E-state index contributed by atoms with van der Waals surface area (Å²) in [6.07, 6.45) is 3.58. The van der Waals surface area contributed by atoms with Crippen LogP contribution in [0.3, 0.4) is 0 Å². The summed E-state index contributed by atoms with van der Waals surface area (Å²) in [5, 5.41) is 23.7. The molecule has 4 aromatic rings. The van der Waals surface area contributed by atoms with E-state index in [9.17, 15) is 14.7 Å². The monoisotopic (exact) mass is 652 g/mol. The van der Waals surface area contributed by atoms with E-state index in [2.05, 4.69) is 66.7 Å². The Hall–Kier alpha value is -4.08. The summed E-state index contributed by atoms with van der Waals surface area (Å²) in [6.45, 7) is 3.39. The maximum Gasteiger partial charge on any atom is 0.303 e. The Kier molecular flexibility index (Phi) is 12.7. The lowest BCUT2D eigenvalue weighted by atomic mass is 9.98. The summed E-state index contributed by atoms with van der Waals surface area (Å²) in [6, 6.07) is 31.2. The van der Waals surface area contributed by atoms with Crippen molar-refractivity contribution >= 4 is 22.6 Å². The second-order valence-electron chi connectivity index (χ2n) is 12.9. The van der Waals surface area contributed by atoms with Crippen molar-refractivity contribution in [1.82, 2.24) is 10.2 Å². The van der Waals surface area contributed by atoms with Gasteiger partial charge < -0.3 is 25.0 Å². The van der Waals surface area contributed by atoms with E-state index >= 15 is 0 Å². The largest absolute Gasteiger partial charge is 0.481 e. The van der Waals surface area contributed by atoms with Crippen LogP contribution < -0.4 is 5.32 Å². The van der Waals surface area contributed by atoms with Gasteiger partial charge in [0.25, 0.3) is 0 Å². The minimum Gasteiger partial charge on any atom is -0.481 e. The second-order valence-corrected chi connectivity index (χ2v) is 12.9. The van der Waals surface area contributed by atoms with Crippen molar-refractivity contribution in [2.75, 3.05) is 13.6 Å². The van der Waals surface area contributed by atoms with Crippen LogP contribution in [0.4, 0.5) is 0 Å². The molecule has 0 saturated carbocycles. The molecule has 254 valence electrons. The van der Waals surface area contributed by atoms with E-state index in [1.54, 1.807) is 0 Å². The molecule has 0 aromatic heterocycles. The number of hydrogen-bond acceptors (Lipinski definition) is 6. The highest BCUT2D eigenvalue weighted by atomic mass is 16.7. The lowest BCUT2D eigenvalue weighted by molar-refractivity contribution is -0.253. The number of carbonyl (C=O) groups is 2. The van der Waals surface area contributed by atoms with Crippen molar-refractivity contribution < 1.29 is 29.3 Å². The van der Waals surface area contributed by atoms with Crippen LogP contribution in [0.25, 0.3) is 10.8 Å². The summed E-state index contributed by atoms with van der Waals surface area (Å²) in [4.78, 5) is 25.3. The first kappa shape index (κ1) is 35.2. The molecule has 4 aromatic carbocycles. The van der Waals surface area contributed by atoms with Crippen LogP contribution >= 0.6 is 0 Å². The number of carboxylic acid groups (broad SMARTS) is 1. The first-order chi connectivity index (χ1) is 23.3. The zero-order chi connectivity index (χ0) is 33.9. The third-order valence-corrected chi connectivity index (χ3v) is 9.31. The van der Waals surface area contributed by atoms with Crippen LogP contribution in [0.15, 0.2) is 91.0 Å². The van der Waals surface area contributed by atoms with Gasteiger partial charge in [-0.2, -0.15) is 0 Å². The lowest BCUT2D eigenvalue weighted by Gasteiger charge is -2.39. The van der Waals surface area contributed by atoms with Crippen LogP contribution in [-0.4, -0.2) is 46.7 Å². The van der Waals surface area contributed by atoms with Crippen molar-refractivity contribution in [3.05, 3.63) is 119 Å². The van der Waals surface area contributed by atoms with E-state index in [1.165, 1.54) is 16.3 Å². The number of aliphatic hydroxyl groups excluding tert-OH is 1. The molecule has 48 heavy (non-hydrogen) atoms. The molecule has 0 spiro atoms. The Balaban J connectivity index is 1.21. The lowest BCUT2D eigenvalue weighted by Crippen LogP contribution is -2.38. The van der Waals surface area contributed by atoms with Crippen LogP contribution in [-0.2, 0) is 32.2 Å². The summed E-state index contributed by atoms with van der Waals surface area (Å²) in [5.41, 5.74) is 5.08. The molecule has 1 aliphatic heterocycles. The van der Waals surface area contributed by atoms with Gasteiger partial charge in [-0.1, -0.05) is 97.8 Å². The first-order valence-corrected chi connectivity index (χ1v) is 17.1. The summed E-state index contributed by atoms with van der Waals surface area (Å²) in [7, 11) is 2.14. The van der Waals surface area contributed by atoms with Crippen molar-refractivity contribution in [1.29, 1.82) is 0 Å². The number of aliphatic hydroxyl groups is 1. The van der Waals surface area contributed by atoms with Gasteiger partial charge >= 0.3 is 5.97 Å². The number of likely N-dealkylation sites (N-methyl/N-ethyl adjacent to an activating group) is 1. The van der Waals surface area contributed by atoms with Gasteiger partial charge in [-0.3, -0.25) is 14.5 Å². The number of unbranched alkanes of at least 4 members (excludes halogenated alkanes) is 3. The molecular weight excluding hydrogens is 604 g/mol. The van der Waals surface area contributed by atoms with Crippen LogP contribution in [0.2, 0.25) is 0 Å². The van der Waals surface area contributed by atoms with Gasteiger partial charge in [0.05, 0.1) is 18.8 Å². The Morgan fingerprint density at radius 2 is 1.50 bits per heavy atom. The Bertz CT molecular complexity index is 1620. The van der Waals surface area contributed by atoms with E-state index in [0.717, 1.165) is 48.1 Å². The molecule has 1 aliphatic rings. The number of carboxylic acids is 1. The molecule has 1 fully saturated rings. The molecule has 5 rings (SSSR count). The molecule has 0 radical (unpaired) electrons. The molecular formula is C40H48N2O6. The molecule has 1 amide bonds. The second kappa shape index (κ2) is 17.4. The van der Waals surface area contributed by atoms with Gasteiger partial charge in [0.2, 0.25) is 5.91 Å². The molecule has 3 N–H and O–H groups in total. The van der Waals surface area contributed by atoms with Crippen molar-refractivity contribution in [3.8, 4) is 0 Å². The maximum atomic E-state index is 12.3. The maximum absolute atomic E-state index is 12.3. The first-order valence-electron chi connectivity index (χ1n) is 17.1. The molecule has 0 bridgehead atoms. The number of fused-ring (bicyclic) bond motifs is 1. The van der Waals surface area contributed by atoms with Gasteiger partial charge in [0.15, 0.2) is 6.29 Å². The minimum absolute atomic E-state index is 0.000971. The zero-order valence-corrected chi connectivity index (χ0v) is 28.0. The number of rotatable bonds is 16. The van der Waals surface area contributed by atoms with Crippen molar-refractivity contribution in [2.45, 2.75) is 89.6 Å². The highest BCUT2D eigenvalue weighted by Crippen LogP contribution is 2.39. The van der Waals surface area contributed by atoms with Gasteiger partial charge in [0, 0.05) is 44.0 Å². The average molecular weight is 653 g/mol. The number of hydrogen-bond donors (Lipinski definition) is 3. The fourth-order valence-corrected chi connectivity index (χ4v) is 6.23. The van der Waals surface area contributed by atoms with Crippen LogP contribution in [0.5, 0.6) is 0 Å². The van der Waals surface area contributed by atoms with Crippen molar-refractivity contribution in [2.24, 2.45) is 0 Å². The summed E-state index contributed by atoms with van der Waals surface area (Å²) >= 11 is 0. The molecule has 1 saturated heterocycles. The van der Waals surface area contributed by atoms with Gasteiger partial charge in [-0.25, -0.2) is 0 Å². The number of nitrogens with one attached hydrogen (secondary N) is 1. The van der Waals surface area contributed by atoms with Gasteiger partial charge in [-0.15, -0.1) is 0 Å². The number of ether oxygens (including phenoxy) is 2. The Morgan fingerprint density at radius 3 is 2.21 bits per heavy atom. The molecule has 4 unspecified atom stereocenters. The number of nitrogens with zero attached hydrogens (tertiary/aromatic N) is 1. The normalized spacial score (nSPS) is 18.5. The SMILES string of the molecule is CC(c1ccc2ccccc2c1)N(C)CC1CC(c2ccc(CO)cc2)OC(c2ccc(CNC(=O)CCCCCCC(=O)O)cc2)O1. The third-order valence-electron chi connectivity index (χ3n) is 9.31. The van der Waals surface area contributed by atoms with E-state index in [-0.39, 0.29) is 37.2 Å². The van der Waals surface area contributed by atoms with Crippen molar-refractivity contribution in [3.63, 3.8) is 0 Å². The number of carbonyl (C=O) groups excluding carboxylic acids is 1. The molecule has 8 nitrogen and oxygen atoms in total. The van der Waals surface area contributed by atoms with Crippen LogP contribution in [0, 0.1) is 0 Å². The standard InChI is InChI=1S/C40H48N2O6/c1-28(34-22-21-31-9-7-8-10-35(31)23-34)42(2)26-36-24-37(32-17-15-30(27-43)16-18-32)48-40(47-36)33-19-13-29(14-20-33)25-41-38(44)11-5-3-4-6-12-39(45)46/h7-10,13-23,28,36-37,40,43H,3-6,11-12,24-27H2,1-2H3,(H,41,44)(H,45,46). The predicted octanol–water partition coefficient (Wildman–Crippen LogP) is 7.61. The molecule has 8 heteroatoms. The Morgan fingerprint density at radius 1 is 0.833 bits per heavy atom. The highest BCUT2D eigenvalue weighted by Gasteiger charge is 2.33. The third kappa shape index (κ3) is 9.97. The van der Waals surface area contributed by atoms with E-state index in [0.29, 0.717) is 25.8 Å². The Labute approximate surface area is 283 Å². The predicted molar refractivity (Wildman–Crippen MR) is 187 cm³/mol. The summed E-state index contributed by atoms with van der Waals surface area (Å²) < 4.78 is 13.2. The zero-order valence-electron chi connectivity index (χ0n) is 28.0. The molecule has 1 heterocycles. The average Bonchev–Trinajstić information content (AvgIpc) is 3.11. The molecule has 4 atom stereocenters. The number of aliphatic carboxylic acids is 1. The van der Waals surface area contributed by atoms with Gasteiger partial charge in [-0.05, 0) is 65.9 Å². The van der Waals surface area contributed by atoms with Crippen LogP contribution in [0.1, 0.15) is 98.1 Å². The topological polar surface area (TPSA) is 108 Å². The quantitative estimate of drug-likeness (QED) is 0.107. The van der Waals surface area contributed by atoms with Gasteiger partial charge in [0.1, 0.15) is 0 Å². The number of amides is 1. The number of benzene rings is 4. The van der Waals surface area contributed by atoms with E-state index in [1.807, 2.05) is 48.5 Å². The van der Waals surface area contributed by atoms with E-state index < -0.39 is 12.3 Å². The fraction of sp³-hybridized carbons (Fsp3) is 0.400.